The minimum Gasteiger partial charge on any atom is -0.379 e. The number of nitrogens with one attached hydrogen (secondary N) is 2. The van der Waals surface area contributed by atoms with Crippen molar-refractivity contribution in [2.45, 2.75) is 32.4 Å². The molecule has 27 heavy (non-hydrogen) atoms. The first kappa shape index (κ1) is 22.4. The predicted octanol–water partition coefficient (Wildman–Crippen LogP) is 2.37. The second-order valence-electron chi connectivity index (χ2n) is 7.80. The second kappa shape index (κ2) is 10.1. The molecule has 5 nitrogen and oxygen atoms in total. The summed E-state index contributed by atoms with van der Waals surface area (Å²) < 4.78 is 5.41. The standard InChI is InChI=1S/C20H29N3O2.2ClH/c24-19(18-13-20(18)4-6-21-7-5-20)22-14-16-2-1-3-17(12-16)15-23-8-10-25-11-9-23;;/h1-3,12,18,21H,4-11,13-15H2,(H,22,24);2*1H. The maximum absolute atomic E-state index is 12.5. The van der Waals surface area contributed by atoms with Crippen molar-refractivity contribution in [1.29, 1.82) is 0 Å². The fourth-order valence-electron chi connectivity index (χ4n) is 4.36. The van der Waals surface area contributed by atoms with Gasteiger partial charge in [0.2, 0.25) is 5.91 Å². The summed E-state index contributed by atoms with van der Waals surface area (Å²) in [7, 11) is 0. The Morgan fingerprint density at radius 2 is 1.89 bits per heavy atom. The number of rotatable bonds is 5. The van der Waals surface area contributed by atoms with Crippen LogP contribution in [0, 0.1) is 11.3 Å². The van der Waals surface area contributed by atoms with E-state index in [0.29, 0.717) is 12.0 Å². The molecule has 1 aliphatic carbocycles. The average Bonchev–Trinajstić information content (AvgIpc) is 3.34. The summed E-state index contributed by atoms with van der Waals surface area (Å²) in [4.78, 5) is 14.9. The molecule has 1 aromatic carbocycles. The van der Waals surface area contributed by atoms with Gasteiger partial charge in [0.15, 0.2) is 0 Å². The Morgan fingerprint density at radius 1 is 1.19 bits per heavy atom. The van der Waals surface area contributed by atoms with E-state index >= 15 is 0 Å². The van der Waals surface area contributed by atoms with Crippen molar-refractivity contribution >= 4 is 30.7 Å². The molecule has 1 spiro atoms. The molecule has 1 amide bonds. The third-order valence-corrected chi connectivity index (χ3v) is 6.07. The van der Waals surface area contributed by atoms with Crippen LogP contribution in [0.25, 0.3) is 0 Å². The van der Waals surface area contributed by atoms with E-state index in [0.717, 1.165) is 65.2 Å². The number of hydrogen-bond acceptors (Lipinski definition) is 4. The van der Waals surface area contributed by atoms with E-state index in [1.165, 1.54) is 11.1 Å². The Hall–Kier alpha value is -0.850. The molecule has 2 saturated heterocycles. The Bertz CT molecular complexity index is 617. The smallest absolute Gasteiger partial charge is 0.223 e. The predicted molar refractivity (Wildman–Crippen MR) is 112 cm³/mol. The highest BCUT2D eigenvalue weighted by Gasteiger charge is 2.57. The topological polar surface area (TPSA) is 53.6 Å². The quantitative estimate of drug-likeness (QED) is 0.774. The second-order valence-corrected chi connectivity index (χ2v) is 7.80. The van der Waals surface area contributed by atoms with Crippen molar-refractivity contribution in [3.63, 3.8) is 0 Å². The minimum atomic E-state index is 0. The van der Waals surface area contributed by atoms with Gasteiger partial charge in [-0.15, -0.1) is 24.8 Å². The normalized spacial score (nSPS) is 23.8. The van der Waals surface area contributed by atoms with Gasteiger partial charge in [-0.1, -0.05) is 24.3 Å². The first-order chi connectivity index (χ1) is 12.3. The van der Waals surface area contributed by atoms with Crippen LogP contribution in [0.1, 0.15) is 30.4 Å². The van der Waals surface area contributed by atoms with Crippen LogP contribution in [0.2, 0.25) is 0 Å². The molecule has 4 rings (SSSR count). The lowest BCUT2D eigenvalue weighted by Crippen LogP contribution is -2.35. The van der Waals surface area contributed by atoms with Crippen LogP contribution in [-0.2, 0) is 22.6 Å². The van der Waals surface area contributed by atoms with Crippen LogP contribution in [0.5, 0.6) is 0 Å². The summed E-state index contributed by atoms with van der Waals surface area (Å²) >= 11 is 0. The molecule has 2 N–H and O–H groups in total. The van der Waals surface area contributed by atoms with E-state index in [2.05, 4.69) is 39.8 Å². The van der Waals surface area contributed by atoms with Crippen LogP contribution in [0.15, 0.2) is 24.3 Å². The number of morpholine rings is 1. The minimum absolute atomic E-state index is 0. The SMILES string of the molecule is Cl.Cl.O=C(NCc1cccc(CN2CCOCC2)c1)C1CC12CCNCC2. The maximum Gasteiger partial charge on any atom is 0.223 e. The number of halogens is 2. The lowest BCUT2D eigenvalue weighted by molar-refractivity contribution is -0.123. The summed E-state index contributed by atoms with van der Waals surface area (Å²) in [5, 5.41) is 6.56. The average molecular weight is 416 g/mol. The summed E-state index contributed by atoms with van der Waals surface area (Å²) in [6, 6.07) is 8.60. The van der Waals surface area contributed by atoms with Crippen LogP contribution in [0.4, 0.5) is 0 Å². The zero-order valence-corrected chi connectivity index (χ0v) is 17.4. The highest BCUT2D eigenvalue weighted by atomic mass is 35.5. The number of carbonyl (C=O) groups excluding carboxylic acids is 1. The van der Waals surface area contributed by atoms with Gasteiger partial charge in [0, 0.05) is 32.1 Å². The third kappa shape index (κ3) is 5.58. The fraction of sp³-hybridized carbons (Fsp3) is 0.650. The number of ether oxygens (including phenoxy) is 1. The molecule has 3 fully saturated rings. The fourth-order valence-corrected chi connectivity index (χ4v) is 4.36. The molecule has 2 aliphatic heterocycles. The molecule has 1 atom stereocenters. The summed E-state index contributed by atoms with van der Waals surface area (Å²) in [5.41, 5.74) is 2.82. The number of piperidine rings is 1. The van der Waals surface area contributed by atoms with Crippen molar-refractivity contribution in [2.24, 2.45) is 11.3 Å². The molecule has 152 valence electrons. The summed E-state index contributed by atoms with van der Waals surface area (Å²) in [5.74, 6) is 0.492. The Labute approximate surface area is 174 Å². The Kier molecular flexibility index (Phi) is 8.38. The first-order valence-electron chi connectivity index (χ1n) is 9.62. The Morgan fingerprint density at radius 3 is 2.63 bits per heavy atom. The van der Waals surface area contributed by atoms with E-state index in [-0.39, 0.29) is 36.6 Å². The molecular formula is C20H31Cl2N3O2. The van der Waals surface area contributed by atoms with E-state index in [1.807, 2.05) is 0 Å². The van der Waals surface area contributed by atoms with Gasteiger partial charge in [0.25, 0.3) is 0 Å². The maximum atomic E-state index is 12.5. The van der Waals surface area contributed by atoms with E-state index in [4.69, 9.17) is 4.74 Å². The molecular weight excluding hydrogens is 385 g/mol. The van der Waals surface area contributed by atoms with Crippen molar-refractivity contribution in [2.75, 3.05) is 39.4 Å². The lowest BCUT2D eigenvalue weighted by Gasteiger charge is -2.26. The van der Waals surface area contributed by atoms with Crippen LogP contribution < -0.4 is 10.6 Å². The van der Waals surface area contributed by atoms with Gasteiger partial charge in [0.1, 0.15) is 0 Å². The Balaban J connectivity index is 0.00000131. The molecule has 1 aromatic rings. The van der Waals surface area contributed by atoms with Crippen molar-refractivity contribution in [3.05, 3.63) is 35.4 Å². The van der Waals surface area contributed by atoms with Gasteiger partial charge in [0.05, 0.1) is 13.2 Å². The molecule has 0 aromatic heterocycles. The molecule has 3 aliphatic rings. The number of amides is 1. The summed E-state index contributed by atoms with van der Waals surface area (Å²) in [6.07, 6.45) is 3.39. The van der Waals surface area contributed by atoms with Crippen molar-refractivity contribution in [1.82, 2.24) is 15.5 Å². The summed E-state index contributed by atoms with van der Waals surface area (Å²) in [6.45, 7) is 7.38. The van der Waals surface area contributed by atoms with Gasteiger partial charge in [-0.05, 0) is 48.9 Å². The number of benzene rings is 1. The monoisotopic (exact) mass is 415 g/mol. The highest BCUT2D eigenvalue weighted by molar-refractivity contribution is 5.85. The molecule has 7 heteroatoms. The number of nitrogens with zero attached hydrogens (tertiary/aromatic N) is 1. The number of carbonyl (C=O) groups is 1. The largest absolute Gasteiger partial charge is 0.379 e. The molecule has 2 heterocycles. The van der Waals surface area contributed by atoms with Crippen LogP contribution in [-0.4, -0.2) is 50.2 Å². The molecule has 0 bridgehead atoms. The van der Waals surface area contributed by atoms with Crippen molar-refractivity contribution < 1.29 is 9.53 Å². The molecule has 1 unspecified atom stereocenters. The first-order valence-corrected chi connectivity index (χ1v) is 9.62. The highest BCUT2D eigenvalue weighted by Crippen LogP contribution is 2.58. The van der Waals surface area contributed by atoms with Gasteiger partial charge in [-0.2, -0.15) is 0 Å². The lowest BCUT2D eigenvalue weighted by atomic mass is 9.92. The number of hydrogen-bond donors (Lipinski definition) is 2. The van der Waals surface area contributed by atoms with E-state index in [1.54, 1.807) is 0 Å². The zero-order valence-electron chi connectivity index (χ0n) is 15.7. The van der Waals surface area contributed by atoms with Crippen molar-refractivity contribution in [3.8, 4) is 0 Å². The van der Waals surface area contributed by atoms with E-state index in [9.17, 15) is 4.79 Å². The third-order valence-electron chi connectivity index (χ3n) is 6.07. The molecule has 1 saturated carbocycles. The van der Waals surface area contributed by atoms with Gasteiger partial charge in [-0.3, -0.25) is 9.69 Å². The zero-order chi connectivity index (χ0) is 17.1. The van der Waals surface area contributed by atoms with Gasteiger partial charge >= 0.3 is 0 Å². The van der Waals surface area contributed by atoms with Gasteiger partial charge < -0.3 is 15.4 Å². The van der Waals surface area contributed by atoms with E-state index < -0.39 is 0 Å². The molecule has 0 radical (unpaired) electrons. The van der Waals surface area contributed by atoms with Crippen LogP contribution >= 0.6 is 24.8 Å². The van der Waals surface area contributed by atoms with Crippen LogP contribution in [0.3, 0.4) is 0 Å². The van der Waals surface area contributed by atoms with Gasteiger partial charge in [-0.25, -0.2) is 0 Å².